The van der Waals surface area contributed by atoms with Crippen molar-refractivity contribution >= 4 is 5.78 Å². The highest BCUT2D eigenvalue weighted by Crippen LogP contribution is 2.22. The molecule has 0 aromatic heterocycles. The molecule has 0 heterocycles. The first kappa shape index (κ1) is 13.6. The summed E-state index contributed by atoms with van der Waals surface area (Å²) in [6.45, 7) is 11.7. The van der Waals surface area contributed by atoms with Gasteiger partial charge in [0.05, 0.1) is 0 Å². The predicted octanol–water partition coefficient (Wildman–Crippen LogP) is 2.72. The summed E-state index contributed by atoms with van der Waals surface area (Å²) in [4.78, 5) is 13.1. The van der Waals surface area contributed by atoms with Gasteiger partial charge in [0.1, 0.15) is 5.78 Å². The minimum absolute atomic E-state index is 0.293. The fourth-order valence-electron chi connectivity index (χ4n) is 1.43. The van der Waals surface area contributed by atoms with Crippen LogP contribution in [0, 0.1) is 5.41 Å². The van der Waals surface area contributed by atoms with Crippen molar-refractivity contribution in [3.8, 4) is 0 Å². The Morgan fingerprint density at radius 1 is 1.36 bits per heavy atom. The third kappa shape index (κ3) is 5.38. The Balaban J connectivity index is 3.84. The molecule has 0 amide bonds. The monoisotopic (exact) mass is 199 g/mol. The topological polar surface area (TPSA) is 20.3 Å². The zero-order chi connectivity index (χ0) is 11.4. The second-order valence-electron chi connectivity index (χ2n) is 5.33. The lowest BCUT2D eigenvalue weighted by molar-refractivity contribution is -0.117. The van der Waals surface area contributed by atoms with E-state index < -0.39 is 0 Å². The van der Waals surface area contributed by atoms with E-state index >= 15 is 0 Å². The van der Waals surface area contributed by atoms with E-state index in [0.717, 1.165) is 13.0 Å². The molecule has 0 spiro atoms. The van der Waals surface area contributed by atoms with Crippen LogP contribution in [0.15, 0.2) is 0 Å². The van der Waals surface area contributed by atoms with E-state index in [-0.39, 0.29) is 0 Å². The van der Waals surface area contributed by atoms with Crippen LogP contribution in [0.25, 0.3) is 0 Å². The van der Waals surface area contributed by atoms with Gasteiger partial charge in [0.25, 0.3) is 0 Å². The van der Waals surface area contributed by atoms with E-state index in [4.69, 9.17) is 0 Å². The minimum atomic E-state index is 0.293. The first-order valence-electron chi connectivity index (χ1n) is 5.45. The lowest BCUT2D eigenvalue weighted by Crippen LogP contribution is -2.39. The number of hydrogen-bond donors (Lipinski definition) is 0. The van der Waals surface area contributed by atoms with Crippen LogP contribution in [0.1, 0.15) is 47.5 Å². The number of hydrogen-bond acceptors (Lipinski definition) is 2. The Morgan fingerprint density at radius 2 is 1.86 bits per heavy atom. The smallest absolute Gasteiger partial charge is 0.129 e. The van der Waals surface area contributed by atoms with Gasteiger partial charge in [-0.25, -0.2) is 0 Å². The molecule has 0 aliphatic rings. The van der Waals surface area contributed by atoms with Gasteiger partial charge in [-0.15, -0.1) is 0 Å². The van der Waals surface area contributed by atoms with E-state index in [1.54, 1.807) is 6.92 Å². The molecule has 2 heteroatoms. The largest absolute Gasteiger partial charge is 0.303 e. The van der Waals surface area contributed by atoms with Gasteiger partial charge in [-0.3, -0.25) is 0 Å². The summed E-state index contributed by atoms with van der Waals surface area (Å²) in [6.07, 6.45) is 1.69. The number of carbonyl (C=O) groups is 1. The number of ketones is 1. The van der Waals surface area contributed by atoms with Crippen molar-refractivity contribution < 1.29 is 4.79 Å². The van der Waals surface area contributed by atoms with Gasteiger partial charge in [0.2, 0.25) is 0 Å². The Bertz CT molecular complexity index is 181. The fourth-order valence-corrected chi connectivity index (χ4v) is 1.43. The maximum Gasteiger partial charge on any atom is 0.129 e. The van der Waals surface area contributed by atoms with Crippen LogP contribution in [0.5, 0.6) is 0 Å². The van der Waals surface area contributed by atoms with E-state index in [9.17, 15) is 4.79 Å². The highest BCUT2D eigenvalue weighted by atomic mass is 16.1. The average Bonchev–Trinajstić information content (AvgIpc) is 2.00. The molecule has 1 atom stereocenters. The summed E-state index contributed by atoms with van der Waals surface area (Å²) in [5, 5.41) is 0. The molecule has 1 unspecified atom stereocenters. The summed E-state index contributed by atoms with van der Waals surface area (Å²) < 4.78 is 0. The first-order chi connectivity index (χ1) is 6.25. The molecule has 0 aliphatic carbocycles. The van der Waals surface area contributed by atoms with E-state index in [2.05, 4.69) is 39.6 Å². The van der Waals surface area contributed by atoms with Gasteiger partial charge < -0.3 is 9.69 Å². The summed E-state index contributed by atoms with van der Waals surface area (Å²) in [5.74, 6) is 0.293. The third-order valence-corrected chi connectivity index (χ3v) is 2.95. The number of carbonyl (C=O) groups excluding carboxylic acids is 1. The quantitative estimate of drug-likeness (QED) is 0.678. The van der Waals surface area contributed by atoms with E-state index in [0.29, 0.717) is 23.7 Å². The molecule has 0 rings (SSSR count). The Kier molecular flexibility index (Phi) is 5.35. The van der Waals surface area contributed by atoms with Gasteiger partial charge in [-0.1, -0.05) is 20.8 Å². The van der Waals surface area contributed by atoms with Gasteiger partial charge in [-0.05, 0) is 39.3 Å². The maximum atomic E-state index is 10.8. The summed E-state index contributed by atoms with van der Waals surface area (Å²) in [5.41, 5.74) is 0.310. The fraction of sp³-hybridized carbons (Fsp3) is 0.917. The lowest BCUT2D eigenvalue weighted by atomic mass is 9.87. The van der Waals surface area contributed by atoms with Gasteiger partial charge in [0, 0.05) is 12.5 Å². The molecule has 0 fully saturated rings. The summed E-state index contributed by atoms with van der Waals surface area (Å²) in [7, 11) is 2.13. The molecule has 14 heavy (non-hydrogen) atoms. The standard InChI is InChI=1S/C12H25NO/c1-10(14)8-7-9-13(6)11(2)12(3,4)5/h11H,7-9H2,1-6H3. The average molecular weight is 199 g/mol. The second-order valence-corrected chi connectivity index (χ2v) is 5.33. The maximum absolute atomic E-state index is 10.8. The van der Waals surface area contributed by atoms with Crippen molar-refractivity contribution in [1.82, 2.24) is 4.90 Å². The molecule has 0 radical (unpaired) electrons. The molecular formula is C12H25NO. The third-order valence-electron chi connectivity index (χ3n) is 2.95. The van der Waals surface area contributed by atoms with Crippen molar-refractivity contribution in [3.63, 3.8) is 0 Å². The van der Waals surface area contributed by atoms with Crippen LogP contribution in [0.4, 0.5) is 0 Å². The minimum Gasteiger partial charge on any atom is -0.303 e. The normalized spacial score (nSPS) is 14.5. The predicted molar refractivity (Wildman–Crippen MR) is 61.5 cm³/mol. The van der Waals surface area contributed by atoms with E-state index in [1.807, 2.05) is 0 Å². The zero-order valence-corrected chi connectivity index (χ0v) is 10.6. The second kappa shape index (κ2) is 5.50. The molecule has 0 N–H and O–H groups in total. The molecule has 0 saturated carbocycles. The van der Waals surface area contributed by atoms with Crippen molar-refractivity contribution in [2.45, 2.75) is 53.5 Å². The molecule has 84 valence electrons. The molecule has 2 nitrogen and oxygen atoms in total. The molecule has 0 bridgehead atoms. The van der Waals surface area contributed by atoms with Gasteiger partial charge >= 0.3 is 0 Å². The number of rotatable bonds is 5. The van der Waals surface area contributed by atoms with Crippen molar-refractivity contribution in [2.24, 2.45) is 5.41 Å². The van der Waals surface area contributed by atoms with Crippen molar-refractivity contribution in [2.75, 3.05) is 13.6 Å². The van der Waals surface area contributed by atoms with Crippen LogP contribution in [-0.2, 0) is 4.79 Å². The molecule has 0 aromatic carbocycles. The Labute approximate surface area is 88.7 Å². The van der Waals surface area contributed by atoms with Crippen LogP contribution in [-0.4, -0.2) is 30.3 Å². The first-order valence-corrected chi connectivity index (χ1v) is 5.45. The number of nitrogens with zero attached hydrogens (tertiary/aromatic N) is 1. The van der Waals surface area contributed by atoms with Crippen LogP contribution >= 0.6 is 0 Å². The highest BCUT2D eigenvalue weighted by Gasteiger charge is 2.23. The van der Waals surface area contributed by atoms with Crippen molar-refractivity contribution in [1.29, 1.82) is 0 Å². The SMILES string of the molecule is CC(=O)CCCN(C)C(C)C(C)(C)C. The molecule has 0 aromatic rings. The summed E-state index contributed by atoms with van der Waals surface area (Å²) in [6, 6.07) is 0.550. The van der Waals surface area contributed by atoms with Crippen LogP contribution < -0.4 is 0 Å². The Hall–Kier alpha value is -0.370. The van der Waals surface area contributed by atoms with Crippen molar-refractivity contribution in [3.05, 3.63) is 0 Å². The number of Topliss-reactive ketones (excluding diaryl/α,β-unsaturated/α-hetero) is 1. The molecule has 0 saturated heterocycles. The Morgan fingerprint density at radius 3 is 2.21 bits per heavy atom. The van der Waals surface area contributed by atoms with E-state index in [1.165, 1.54) is 0 Å². The van der Waals surface area contributed by atoms with Crippen LogP contribution in [0.2, 0.25) is 0 Å². The highest BCUT2D eigenvalue weighted by molar-refractivity contribution is 5.75. The molecular weight excluding hydrogens is 174 g/mol. The molecule has 0 aliphatic heterocycles. The van der Waals surface area contributed by atoms with Gasteiger partial charge in [-0.2, -0.15) is 0 Å². The zero-order valence-electron chi connectivity index (χ0n) is 10.6. The summed E-state index contributed by atoms with van der Waals surface area (Å²) >= 11 is 0. The van der Waals surface area contributed by atoms with Gasteiger partial charge in [0.15, 0.2) is 0 Å². The van der Waals surface area contributed by atoms with Crippen LogP contribution in [0.3, 0.4) is 0 Å². The lowest BCUT2D eigenvalue weighted by Gasteiger charge is -2.35.